The van der Waals surface area contributed by atoms with Gasteiger partial charge >= 0.3 is 5.97 Å². The summed E-state index contributed by atoms with van der Waals surface area (Å²) < 4.78 is 32.6. The Labute approximate surface area is 149 Å². The molecule has 0 bridgehead atoms. The third-order valence-electron chi connectivity index (χ3n) is 4.52. The number of hydrogen-bond donors (Lipinski definition) is 2. The van der Waals surface area contributed by atoms with E-state index < -0.39 is 16.0 Å². The fourth-order valence-corrected chi connectivity index (χ4v) is 4.16. The number of aromatic carboxylic acids is 1. The SMILES string of the molecule is COc1ccc(C(=O)O)cc1S(=O)(=O)NCCCN1CCC(C)CC1. The highest BCUT2D eigenvalue weighted by Crippen LogP contribution is 2.25. The van der Waals surface area contributed by atoms with Crippen LogP contribution in [0.25, 0.3) is 0 Å². The van der Waals surface area contributed by atoms with Gasteiger partial charge in [-0.15, -0.1) is 0 Å². The molecule has 0 aliphatic carbocycles. The van der Waals surface area contributed by atoms with Crippen LogP contribution in [0, 0.1) is 5.92 Å². The van der Waals surface area contributed by atoms with Crippen molar-refractivity contribution in [1.29, 1.82) is 0 Å². The Bertz CT molecular complexity index is 697. The lowest BCUT2D eigenvalue weighted by atomic mass is 9.99. The van der Waals surface area contributed by atoms with Crippen LogP contribution in [0.15, 0.2) is 23.1 Å². The molecule has 25 heavy (non-hydrogen) atoms. The van der Waals surface area contributed by atoms with E-state index in [-0.39, 0.29) is 16.2 Å². The highest BCUT2D eigenvalue weighted by Gasteiger charge is 2.21. The fourth-order valence-electron chi connectivity index (χ4n) is 2.89. The number of rotatable bonds is 8. The van der Waals surface area contributed by atoms with Crippen LogP contribution in [0.2, 0.25) is 0 Å². The van der Waals surface area contributed by atoms with Gasteiger partial charge < -0.3 is 14.7 Å². The molecule has 0 radical (unpaired) electrons. The highest BCUT2D eigenvalue weighted by atomic mass is 32.2. The van der Waals surface area contributed by atoms with Crippen LogP contribution in [0.5, 0.6) is 5.75 Å². The van der Waals surface area contributed by atoms with E-state index in [9.17, 15) is 13.2 Å². The number of sulfonamides is 1. The van der Waals surface area contributed by atoms with Gasteiger partial charge in [0, 0.05) is 6.54 Å². The van der Waals surface area contributed by atoms with Crippen LogP contribution in [-0.2, 0) is 10.0 Å². The molecule has 1 saturated heterocycles. The predicted octanol–water partition coefficient (Wildman–Crippen LogP) is 1.79. The minimum absolute atomic E-state index is 0.0939. The van der Waals surface area contributed by atoms with Crippen LogP contribution in [0.3, 0.4) is 0 Å². The molecule has 8 heteroatoms. The maximum absolute atomic E-state index is 12.5. The quantitative estimate of drug-likeness (QED) is 0.678. The van der Waals surface area contributed by atoms with Crippen molar-refractivity contribution in [2.45, 2.75) is 31.1 Å². The Hall–Kier alpha value is -1.64. The monoisotopic (exact) mass is 370 g/mol. The van der Waals surface area contributed by atoms with Crippen LogP contribution >= 0.6 is 0 Å². The Morgan fingerprint density at radius 1 is 1.36 bits per heavy atom. The van der Waals surface area contributed by atoms with E-state index >= 15 is 0 Å². The molecule has 0 unspecified atom stereocenters. The molecule has 1 fully saturated rings. The molecule has 2 N–H and O–H groups in total. The number of piperidine rings is 1. The molecule has 1 aliphatic rings. The van der Waals surface area contributed by atoms with Gasteiger partial charge in [-0.05, 0) is 63.0 Å². The Balaban J connectivity index is 1.94. The molecule has 0 spiro atoms. The summed E-state index contributed by atoms with van der Waals surface area (Å²) in [5.74, 6) is -0.287. The second-order valence-corrected chi connectivity index (χ2v) is 8.18. The van der Waals surface area contributed by atoms with Gasteiger partial charge in [-0.3, -0.25) is 0 Å². The zero-order valence-corrected chi connectivity index (χ0v) is 15.5. The molecule has 2 rings (SSSR count). The molecule has 0 aromatic heterocycles. The van der Waals surface area contributed by atoms with E-state index in [1.165, 1.54) is 32.1 Å². The normalized spacial score (nSPS) is 16.7. The van der Waals surface area contributed by atoms with Gasteiger partial charge in [-0.2, -0.15) is 0 Å². The molecule has 1 aromatic carbocycles. The second-order valence-electron chi connectivity index (χ2n) is 6.45. The number of carbonyl (C=O) groups is 1. The van der Waals surface area contributed by atoms with Crippen LogP contribution in [0.4, 0.5) is 0 Å². The minimum atomic E-state index is -3.83. The maximum atomic E-state index is 12.5. The maximum Gasteiger partial charge on any atom is 0.335 e. The summed E-state index contributed by atoms with van der Waals surface area (Å²) in [4.78, 5) is 13.3. The van der Waals surface area contributed by atoms with E-state index in [0.29, 0.717) is 13.0 Å². The summed E-state index contributed by atoms with van der Waals surface area (Å²) in [6, 6.07) is 3.79. The van der Waals surface area contributed by atoms with Crippen LogP contribution in [0.1, 0.15) is 36.5 Å². The van der Waals surface area contributed by atoms with E-state index in [0.717, 1.165) is 31.6 Å². The zero-order valence-electron chi connectivity index (χ0n) is 14.7. The summed E-state index contributed by atoms with van der Waals surface area (Å²) in [6.07, 6.45) is 3.07. The fraction of sp³-hybridized carbons (Fsp3) is 0.588. The zero-order chi connectivity index (χ0) is 18.4. The lowest BCUT2D eigenvalue weighted by Crippen LogP contribution is -2.35. The Morgan fingerprint density at radius 3 is 2.64 bits per heavy atom. The smallest absolute Gasteiger partial charge is 0.335 e. The number of methoxy groups -OCH3 is 1. The second kappa shape index (κ2) is 8.64. The summed E-state index contributed by atoms with van der Waals surface area (Å²) in [5, 5.41) is 9.05. The summed E-state index contributed by atoms with van der Waals surface area (Å²) in [7, 11) is -2.47. The molecular formula is C17H26N2O5S. The van der Waals surface area contributed by atoms with Gasteiger partial charge in [0.25, 0.3) is 0 Å². The number of nitrogens with zero attached hydrogens (tertiary/aromatic N) is 1. The van der Waals surface area contributed by atoms with Gasteiger partial charge in [-0.1, -0.05) is 6.92 Å². The van der Waals surface area contributed by atoms with Crippen molar-refractivity contribution in [3.8, 4) is 5.75 Å². The van der Waals surface area contributed by atoms with Crippen molar-refractivity contribution in [3.63, 3.8) is 0 Å². The first-order valence-corrected chi connectivity index (χ1v) is 9.95. The third kappa shape index (κ3) is 5.42. The molecule has 7 nitrogen and oxygen atoms in total. The predicted molar refractivity (Wildman–Crippen MR) is 94.6 cm³/mol. The van der Waals surface area contributed by atoms with Gasteiger partial charge in [0.1, 0.15) is 10.6 Å². The lowest BCUT2D eigenvalue weighted by molar-refractivity contribution is 0.0696. The number of carboxylic acid groups (broad SMARTS) is 1. The number of hydrogen-bond acceptors (Lipinski definition) is 5. The van der Waals surface area contributed by atoms with Crippen molar-refractivity contribution in [3.05, 3.63) is 23.8 Å². The molecular weight excluding hydrogens is 344 g/mol. The molecule has 140 valence electrons. The van der Waals surface area contributed by atoms with E-state index in [1.807, 2.05) is 0 Å². The average Bonchev–Trinajstić information content (AvgIpc) is 2.59. The van der Waals surface area contributed by atoms with Crippen molar-refractivity contribution >= 4 is 16.0 Å². The van der Waals surface area contributed by atoms with Gasteiger partial charge in [0.2, 0.25) is 10.0 Å². The van der Waals surface area contributed by atoms with Crippen LogP contribution in [-0.4, -0.2) is 57.7 Å². The highest BCUT2D eigenvalue weighted by molar-refractivity contribution is 7.89. The standard InChI is InChI=1S/C17H26N2O5S/c1-13-6-10-19(11-7-13)9-3-8-18-25(22,23)16-12-14(17(20)21)4-5-15(16)24-2/h4-5,12-13,18H,3,6-11H2,1-2H3,(H,20,21). The lowest BCUT2D eigenvalue weighted by Gasteiger charge is -2.30. The van der Waals surface area contributed by atoms with Crippen molar-refractivity contribution in [2.24, 2.45) is 5.92 Å². The van der Waals surface area contributed by atoms with E-state index in [2.05, 4.69) is 16.5 Å². The summed E-state index contributed by atoms with van der Waals surface area (Å²) in [6.45, 7) is 5.52. The van der Waals surface area contributed by atoms with Gasteiger partial charge in [0.15, 0.2) is 0 Å². The molecule has 0 amide bonds. The Kier molecular flexibility index (Phi) is 6.80. The molecule has 0 saturated carbocycles. The summed E-state index contributed by atoms with van der Waals surface area (Å²) in [5.41, 5.74) is -0.0939. The summed E-state index contributed by atoms with van der Waals surface area (Å²) >= 11 is 0. The average molecular weight is 370 g/mol. The first-order valence-electron chi connectivity index (χ1n) is 8.47. The number of carboxylic acids is 1. The van der Waals surface area contributed by atoms with Crippen molar-refractivity contribution < 1.29 is 23.1 Å². The first-order chi connectivity index (χ1) is 11.8. The first kappa shape index (κ1) is 19.7. The third-order valence-corrected chi connectivity index (χ3v) is 6.00. The van der Waals surface area contributed by atoms with Crippen LogP contribution < -0.4 is 9.46 Å². The molecule has 1 aliphatic heterocycles. The van der Waals surface area contributed by atoms with E-state index in [1.54, 1.807) is 0 Å². The van der Waals surface area contributed by atoms with Crippen molar-refractivity contribution in [2.75, 3.05) is 33.3 Å². The van der Waals surface area contributed by atoms with Crippen molar-refractivity contribution in [1.82, 2.24) is 9.62 Å². The largest absolute Gasteiger partial charge is 0.495 e. The minimum Gasteiger partial charge on any atom is -0.495 e. The number of likely N-dealkylation sites (tertiary alicyclic amines) is 1. The molecule has 1 heterocycles. The van der Waals surface area contributed by atoms with Gasteiger partial charge in [-0.25, -0.2) is 17.9 Å². The molecule has 1 aromatic rings. The van der Waals surface area contributed by atoms with Gasteiger partial charge in [0.05, 0.1) is 12.7 Å². The molecule has 0 atom stereocenters. The topological polar surface area (TPSA) is 95.9 Å². The number of nitrogens with one attached hydrogen (secondary N) is 1. The van der Waals surface area contributed by atoms with E-state index in [4.69, 9.17) is 9.84 Å². The number of benzene rings is 1. The number of ether oxygens (including phenoxy) is 1. The Morgan fingerprint density at radius 2 is 2.04 bits per heavy atom.